The van der Waals surface area contributed by atoms with E-state index in [1.165, 1.54) is 7.11 Å². The van der Waals surface area contributed by atoms with Crippen molar-refractivity contribution in [3.63, 3.8) is 0 Å². The minimum absolute atomic E-state index is 0.309. The second kappa shape index (κ2) is 7.25. The Morgan fingerprint density at radius 3 is 2.60 bits per heavy atom. The first-order valence-electron chi connectivity index (χ1n) is 6.11. The molecule has 2 rings (SSSR count). The van der Waals surface area contributed by atoms with E-state index in [4.69, 9.17) is 4.74 Å². The maximum atomic E-state index is 11.5. The van der Waals surface area contributed by atoms with Gasteiger partial charge in [-0.05, 0) is 52.4 Å². The summed E-state index contributed by atoms with van der Waals surface area (Å²) in [6, 6.07) is 15.5. The van der Waals surface area contributed by atoms with E-state index in [-0.39, 0.29) is 5.97 Å². The Morgan fingerprint density at radius 2 is 1.95 bits per heavy atom. The molecule has 0 spiro atoms. The highest BCUT2D eigenvalue weighted by Crippen LogP contribution is 2.15. The van der Waals surface area contributed by atoms with Gasteiger partial charge in [-0.1, -0.05) is 24.3 Å². The Bertz CT molecular complexity index is 588. The quantitative estimate of drug-likeness (QED) is 0.474. The molecule has 104 valence electrons. The fourth-order valence-electron chi connectivity index (χ4n) is 1.71. The lowest BCUT2D eigenvalue weighted by Gasteiger charge is -2.09. The molecule has 0 radical (unpaired) electrons. The zero-order valence-corrected chi connectivity index (χ0v) is 13.2. The van der Waals surface area contributed by atoms with Crippen molar-refractivity contribution in [2.75, 3.05) is 12.5 Å². The van der Waals surface area contributed by atoms with Crippen molar-refractivity contribution in [1.82, 2.24) is 5.43 Å². The molecule has 0 amide bonds. The van der Waals surface area contributed by atoms with Crippen molar-refractivity contribution in [1.29, 1.82) is 0 Å². The van der Waals surface area contributed by atoms with E-state index in [2.05, 4.69) is 33.4 Å². The van der Waals surface area contributed by atoms with Crippen LogP contribution in [-0.4, -0.2) is 13.1 Å². The zero-order chi connectivity index (χ0) is 14.4. The van der Waals surface area contributed by atoms with Crippen LogP contribution in [0.15, 0.2) is 48.5 Å². The van der Waals surface area contributed by atoms with E-state index in [9.17, 15) is 4.79 Å². The van der Waals surface area contributed by atoms with Gasteiger partial charge in [0.2, 0.25) is 0 Å². The molecule has 0 aromatic heterocycles. The Morgan fingerprint density at radius 1 is 1.20 bits per heavy atom. The van der Waals surface area contributed by atoms with Gasteiger partial charge in [-0.15, -0.1) is 0 Å². The van der Waals surface area contributed by atoms with Crippen molar-refractivity contribution in [2.45, 2.75) is 6.54 Å². The molecule has 20 heavy (non-hydrogen) atoms. The van der Waals surface area contributed by atoms with Gasteiger partial charge in [0.05, 0.1) is 12.7 Å². The summed E-state index contributed by atoms with van der Waals surface area (Å²) < 4.78 is 5.61. The molecule has 0 aliphatic rings. The van der Waals surface area contributed by atoms with Gasteiger partial charge in [0.25, 0.3) is 0 Å². The summed E-state index contributed by atoms with van der Waals surface area (Å²) in [6.07, 6.45) is 0. The van der Waals surface area contributed by atoms with Gasteiger partial charge in [-0.3, -0.25) is 0 Å². The number of rotatable bonds is 5. The van der Waals surface area contributed by atoms with Gasteiger partial charge < -0.3 is 10.2 Å². The van der Waals surface area contributed by atoms with E-state index in [0.29, 0.717) is 12.1 Å². The number of esters is 1. The van der Waals surface area contributed by atoms with Crippen LogP contribution in [0.5, 0.6) is 0 Å². The number of hydrazine groups is 1. The molecular weight excluding hydrogens is 367 g/mol. The predicted molar refractivity (Wildman–Crippen MR) is 87.4 cm³/mol. The Hall–Kier alpha value is -1.60. The summed E-state index contributed by atoms with van der Waals surface area (Å²) in [6.45, 7) is 0.659. The van der Waals surface area contributed by atoms with E-state index in [1.54, 1.807) is 6.07 Å². The van der Waals surface area contributed by atoms with Gasteiger partial charge >= 0.3 is 5.97 Å². The average Bonchev–Trinajstić information content (AvgIpc) is 2.48. The van der Waals surface area contributed by atoms with Crippen LogP contribution in [0.25, 0.3) is 0 Å². The summed E-state index contributed by atoms with van der Waals surface area (Å²) in [4.78, 5) is 11.5. The summed E-state index contributed by atoms with van der Waals surface area (Å²) in [5.41, 5.74) is 8.94. The Balaban J connectivity index is 1.94. The normalized spacial score (nSPS) is 10.1. The highest BCUT2D eigenvalue weighted by Gasteiger charge is 2.10. The second-order valence-electron chi connectivity index (χ2n) is 4.15. The minimum atomic E-state index is -0.309. The minimum Gasteiger partial charge on any atom is -0.465 e. The third-order valence-corrected chi connectivity index (χ3v) is 3.63. The molecule has 2 aromatic rings. The number of anilines is 1. The summed E-state index contributed by atoms with van der Waals surface area (Å²) in [5.74, 6) is -0.309. The zero-order valence-electron chi connectivity index (χ0n) is 11.0. The molecule has 4 nitrogen and oxygen atoms in total. The van der Waals surface area contributed by atoms with Crippen molar-refractivity contribution in [3.05, 3.63) is 63.2 Å². The number of nitrogens with one attached hydrogen (secondary N) is 2. The average molecular weight is 382 g/mol. The van der Waals surface area contributed by atoms with Crippen LogP contribution in [0.3, 0.4) is 0 Å². The Labute approximate surface area is 131 Å². The highest BCUT2D eigenvalue weighted by atomic mass is 127. The molecule has 0 saturated carbocycles. The van der Waals surface area contributed by atoms with Crippen molar-refractivity contribution >= 4 is 34.2 Å². The van der Waals surface area contributed by atoms with Gasteiger partial charge in [0.1, 0.15) is 0 Å². The number of carbonyl (C=O) groups is 1. The summed E-state index contributed by atoms with van der Waals surface area (Å²) in [5, 5.41) is 0. The largest absolute Gasteiger partial charge is 0.465 e. The maximum absolute atomic E-state index is 11.5. The maximum Gasteiger partial charge on any atom is 0.338 e. The number of ether oxygens (including phenoxy) is 1. The lowest BCUT2D eigenvalue weighted by atomic mass is 10.1. The molecule has 0 bridgehead atoms. The van der Waals surface area contributed by atoms with Gasteiger partial charge in [-0.2, -0.15) is 0 Å². The molecule has 0 fully saturated rings. The molecular formula is C15H15IN2O2. The first-order chi connectivity index (χ1) is 9.70. The SMILES string of the molecule is COC(=O)c1ccc(CNNc2ccccc2)cc1I. The topological polar surface area (TPSA) is 50.4 Å². The molecule has 2 N–H and O–H groups in total. The fraction of sp³-hybridized carbons (Fsp3) is 0.133. The van der Waals surface area contributed by atoms with Gasteiger partial charge in [0.15, 0.2) is 0 Å². The number of benzene rings is 2. The third kappa shape index (κ3) is 3.94. The van der Waals surface area contributed by atoms with Crippen LogP contribution in [0.2, 0.25) is 0 Å². The number of halogens is 1. The molecule has 0 heterocycles. The molecule has 5 heteroatoms. The predicted octanol–water partition coefficient (Wildman–Crippen LogP) is 3.19. The molecule has 0 aliphatic carbocycles. The number of hydrogen-bond donors (Lipinski definition) is 2. The summed E-state index contributed by atoms with van der Waals surface area (Å²) >= 11 is 2.14. The fourth-order valence-corrected chi connectivity index (χ4v) is 2.51. The highest BCUT2D eigenvalue weighted by molar-refractivity contribution is 14.1. The first-order valence-corrected chi connectivity index (χ1v) is 7.19. The van der Waals surface area contributed by atoms with Crippen LogP contribution in [0.1, 0.15) is 15.9 Å². The van der Waals surface area contributed by atoms with E-state index in [0.717, 1.165) is 14.8 Å². The summed E-state index contributed by atoms with van der Waals surface area (Å²) in [7, 11) is 1.39. The third-order valence-electron chi connectivity index (χ3n) is 2.74. The van der Waals surface area contributed by atoms with Crippen molar-refractivity contribution in [2.24, 2.45) is 0 Å². The Kier molecular flexibility index (Phi) is 5.37. The number of hydrogen-bond acceptors (Lipinski definition) is 4. The number of methoxy groups -OCH3 is 1. The van der Waals surface area contributed by atoms with Crippen LogP contribution in [0, 0.1) is 3.57 Å². The van der Waals surface area contributed by atoms with Crippen molar-refractivity contribution < 1.29 is 9.53 Å². The lowest BCUT2D eigenvalue weighted by molar-refractivity contribution is 0.0599. The van der Waals surface area contributed by atoms with E-state index >= 15 is 0 Å². The van der Waals surface area contributed by atoms with E-state index < -0.39 is 0 Å². The second-order valence-corrected chi connectivity index (χ2v) is 5.31. The van der Waals surface area contributed by atoms with Crippen LogP contribution < -0.4 is 10.9 Å². The smallest absolute Gasteiger partial charge is 0.338 e. The molecule has 0 atom stereocenters. The molecule has 2 aromatic carbocycles. The van der Waals surface area contributed by atoms with Crippen LogP contribution in [0.4, 0.5) is 5.69 Å². The molecule has 0 saturated heterocycles. The lowest BCUT2D eigenvalue weighted by Crippen LogP contribution is -2.21. The van der Waals surface area contributed by atoms with Gasteiger partial charge in [0, 0.05) is 15.8 Å². The standard InChI is InChI=1S/C15H15IN2O2/c1-20-15(19)13-8-7-11(9-14(13)16)10-17-18-12-5-3-2-4-6-12/h2-9,17-18H,10H2,1H3. The molecule has 0 unspecified atom stereocenters. The van der Waals surface area contributed by atoms with Crippen molar-refractivity contribution in [3.8, 4) is 0 Å². The first kappa shape index (κ1) is 14.8. The van der Waals surface area contributed by atoms with Crippen LogP contribution in [-0.2, 0) is 11.3 Å². The number of carbonyl (C=O) groups excluding carboxylic acids is 1. The van der Waals surface area contributed by atoms with Gasteiger partial charge in [-0.25, -0.2) is 10.2 Å². The monoisotopic (exact) mass is 382 g/mol. The van der Waals surface area contributed by atoms with Crippen LogP contribution >= 0.6 is 22.6 Å². The molecule has 0 aliphatic heterocycles. The number of para-hydroxylation sites is 1. The van der Waals surface area contributed by atoms with E-state index in [1.807, 2.05) is 42.5 Å².